The van der Waals surface area contributed by atoms with Crippen molar-refractivity contribution in [2.75, 3.05) is 6.54 Å². The van der Waals surface area contributed by atoms with E-state index in [2.05, 4.69) is 31.3 Å². The Balaban J connectivity index is 1.12. The number of hydrogen-bond donors (Lipinski definition) is 3. The van der Waals surface area contributed by atoms with Crippen LogP contribution in [-0.2, 0) is 12.7 Å². The van der Waals surface area contributed by atoms with E-state index < -0.39 is 45.5 Å². The minimum atomic E-state index is -4.61. The Morgan fingerprint density at radius 1 is 0.847 bits per heavy atom. The number of carbonyl (C=O) groups is 2. The molecule has 308 valence electrons. The summed E-state index contributed by atoms with van der Waals surface area (Å²) in [5.74, 6) is -0.716. The summed E-state index contributed by atoms with van der Waals surface area (Å²) in [6.45, 7) is 6.64. The van der Waals surface area contributed by atoms with Gasteiger partial charge in [-0.1, -0.05) is 117 Å². The largest absolute Gasteiger partial charge is 0.416 e. The molecule has 2 amide bonds. The fourth-order valence-electron chi connectivity index (χ4n) is 12.8. The molecule has 9 atom stereocenters. The maximum atomic E-state index is 15.0. The van der Waals surface area contributed by atoms with Crippen molar-refractivity contribution in [3.05, 3.63) is 143 Å². The van der Waals surface area contributed by atoms with Crippen molar-refractivity contribution in [3.63, 3.8) is 0 Å². The molecule has 0 saturated heterocycles. The third kappa shape index (κ3) is 6.04. The monoisotopic (exact) mass is 802 g/mol. The third-order valence-corrected chi connectivity index (χ3v) is 16.0. The molecule has 3 saturated carbocycles. The summed E-state index contributed by atoms with van der Waals surface area (Å²) in [4.78, 5) is 31.3. The number of rotatable bonds is 8. The highest BCUT2D eigenvalue weighted by atomic mass is 19.4. The fourth-order valence-corrected chi connectivity index (χ4v) is 12.8. The minimum absolute atomic E-state index is 0.0133. The van der Waals surface area contributed by atoms with Crippen LogP contribution < -0.4 is 5.32 Å². The number of ketones is 1. The predicted molar refractivity (Wildman–Crippen MR) is 222 cm³/mol. The molecule has 0 radical (unpaired) electrons. The topological polar surface area (TPSA) is 89.9 Å². The average Bonchev–Trinajstić information content (AvgIpc) is 3.50. The molecular weight excluding hydrogens is 750 g/mol. The highest BCUT2D eigenvalue weighted by Crippen LogP contribution is 2.78. The van der Waals surface area contributed by atoms with E-state index in [1.165, 1.54) is 12.1 Å². The molecule has 9 unspecified atom stereocenters. The first kappa shape index (κ1) is 39.7. The van der Waals surface area contributed by atoms with Crippen molar-refractivity contribution in [2.24, 2.45) is 33.5 Å². The zero-order chi connectivity index (χ0) is 41.6. The smallest absolute Gasteiger partial charge is 0.393 e. The van der Waals surface area contributed by atoms with E-state index in [4.69, 9.17) is 0 Å². The number of amides is 2. The summed E-state index contributed by atoms with van der Waals surface area (Å²) in [5.41, 5.74) is -2.43. The van der Waals surface area contributed by atoms with E-state index >= 15 is 0 Å². The van der Waals surface area contributed by atoms with Crippen LogP contribution in [0.25, 0.3) is 10.8 Å². The molecule has 10 rings (SSSR count). The number of urea groups is 1. The molecule has 4 aromatic carbocycles. The lowest BCUT2D eigenvalue weighted by Crippen LogP contribution is -2.67. The number of aliphatic hydroxyl groups is 2. The summed E-state index contributed by atoms with van der Waals surface area (Å²) >= 11 is 0. The van der Waals surface area contributed by atoms with Crippen LogP contribution in [0.3, 0.4) is 0 Å². The maximum Gasteiger partial charge on any atom is 0.416 e. The quantitative estimate of drug-likeness (QED) is 0.122. The van der Waals surface area contributed by atoms with Crippen LogP contribution in [0, 0.1) is 33.5 Å². The summed E-state index contributed by atoms with van der Waals surface area (Å²) in [5, 5.41) is 29.7. The normalized spacial score (nSPS) is 33.7. The second kappa shape index (κ2) is 13.9. The number of Topliss-reactive ketones (excluding diaryl/α,β-unsaturated/α-hetero) is 1. The van der Waals surface area contributed by atoms with Crippen LogP contribution in [0.15, 0.2) is 121 Å². The Labute approximate surface area is 344 Å². The number of aliphatic hydroxyl groups excluding tert-OH is 1. The van der Waals surface area contributed by atoms with Gasteiger partial charge in [-0.25, -0.2) is 4.79 Å². The fraction of sp³-hybridized carbons (Fsp3) is 0.440. The van der Waals surface area contributed by atoms with E-state index in [9.17, 15) is 33.0 Å². The molecule has 0 heterocycles. The molecule has 2 spiro atoms. The van der Waals surface area contributed by atoms with Crippen LogP contribution in [0.2, 0.25) is 0 Å². The van der Waals surface area contributed by atoms with Gasteiger partial charge in [0.1, 0.15) is 0 Å². The molecule has 2 bridgehead atoms. The minimum Gasteiger partial charge on any atom is -0.393 e. The molecule has 0 aromatic heterocycles. The van der Waals surface area contributed by atoms with E-state index in [1.807, 2.05) is 85.8 Å². The molecule has 6 nitrogen and oxygen atoms in total. The van der Waals surface area contributed by atoms with Crippen molar-refractivity contribution in [1.82, 2.24) is 10.2 Å². The van der Waals surface area contributed by atoms with E-state index in [-0.39, 0.29) is 48.0 Å². The Bertz CT molecular complexity index is 2370. The Hall–Kier alpha value is -4.73. The first-order valence-electron chi connectivity index (χ1n) is 21.2. The third-order valence-electron chi connectivity index (χ3n) is 16.0. The van der Waals surface area contributed by atoms with Crippen LogP contribution in [-0.4, -0.2) is 45.2 Å². The predicted octanol–water partition coefficient (Wildman–Crippen LogP) is 10.6. The zero-order valence-corrected chi connectivity index (χ0v) is 33.9. The van der Waals surface area contributed by atoms with Gasteiger partial charge >= 0.3 is 12.2 Å². The highest BCUT2D eigenvalue weighted by Gasteiger charge is 2.74. The first-order chi connectivity index (χ1) is 28.0. The number of nitrogens with zero attached hydrogens (tertiary/aromatic N) is 1. The van der Waals surface area contributed by atoms with Crippen LogP contribution in [0.5, 0.6) is 0 Å². The summed E-state index contributed by atoms with van der Waals surface area (Å²) in [6, 6.07) is 28.0. The standard InChI is InChI=1S/C50H53F3N2O4/c1-32(33-11-5-4-6-12-33)54-44(58)55(30-36-16-9-14-34-13-7-8-18-39(34)36)31-48(59)24-21-42-46(48,3)23-20-41-45(2)22-19-38(56)28-47(45)25-26-49(41,42)40(29-47)43(57)35-15-10-17-37(27-35)50(51,52)53/h4-18,25-27,29,32,38,41-42,56,59H,19-24,28,30-31H2,1-3H3,(H,54,58). The lowest BCUT2D eigenvalue weighted by molar-refractivity contribution is -0.174. The number of halogens is 3. The van der Waals surface area contributed by atoms with Gasteiger partial charge in [-0.2, -0.15) is 13.2 Å². The number of alkyl halides is 3. The van der Waals surface area contributed by atoms with Crippen LogP contribution >= 0.6 is 0 Å². The van der Waals surface area contributed by atoms with Gasteiger partial charge < -0.3 is 20.4 Å². The molecule has 6 aliphatic carbocycles. The van der Waals surface area contributed by atoms with Crippen molar-refractivity contribution in [2.45, 2.75) is 96.2 Å². The summed E-state index contributed by atoms with van der Waals surface area (Å²) in [6.07, 6.45) is 5.29. The van der Waals surface area contributed by atoms with Gasteiger partial charge in [0.05, 0.1) is 29.9 Å². The molecule has 0 aliphatic heterocycles. The Kier molecular flexibility index (Phi) is 9.37. The lowest BCUT2D eigenvalue weighted by atomic mass is 9.32. The van der Waals surface area contributed by atoms with Crippen LogP contribution in [0.1, 0.15) is 98.8 Å². The number of benzene rings is 4. The van der Waals surface area contributed by atoms with E-state index in [0.29, 0.717) is 44.1 Å². The Morgan fingerprint density at radius 3 is 2.31 bits per heavy atom. The van der Waals surface area contributed by atoms with Crippen molar-refractivity contribution >= 4 is 22.6 Å². The van der Waals surface area contributed by atoms with Gasteiger partial charge in [-0.15, -0.1) is 0 Å². The van der Waals surface area contributed by atoms with Gasteiger partial charge in [-0.3, -0.25) is 4.79 Å². The van der Waals surface area contributed by atoms with Gasteiger partial charge in [0.25, 0.3) is 0 Å². The molecule has 3 fully saturated rings. The molecular formula is C50H53F3N2O4. The summed E-state index contributed by atoms with van der Waals surface area (Å²) < 4.78 is 42.1. The lowest BCUT2D eigenvalue weighted by Gasteiger charge is -2.71. The van der Waals surface area contributed by atoms with Crippen molar-refractivity contribution < 1.29 is 33.0 Å². The molecule has 59 heavy (non-hydrogen) atoms. The van der Waals surface area contributed by atoms with Crippen molar-refractivity contribution in [3.8, 4) is 0 Å². The first-order valence-corrected chi connectivity index (χ1v) is 21.2. The SMILES string of the molecule is CC(NC(=O)N(Cc1cccc2ccccc12)CC1(O)CCC2C34C=CC5(C=C3C(=O)c3cccc(C(F)(F)F)c3)CC(O)CCC5(C)C4CCC21C)c1ccccc1. The van der Waals surface area contributed by atoms with E-state index in [1.54, 1.807) is 4.90 Å². The van der Waals surface area contributed by atoms with Gasteiger partial charge in [0.2, 0.25) is 0 Å². The van der Waals surface area contributed by atoms with Crippen molar-refractivity contribution in [1.29, 1.82) is 0 Å². The second-order valence-corrected chi connectivity index (χ2v) is 18.8. The molecule has 3 N–H and O–H groups in total. The van der Waals surface area contributed by atoms with Gasteiger partial charge in [0.15, 0.2) is 5.78 Å². The number of allylic oxidation sites excluding steroid dienone is 4. The van der Waals surface area contributed by atoms with E-state index in [0.717, 1.165) is 40.5 Å². The molecule has 4 aromatic rings. The second-order valence-electron chi connectivity index (χ2n) is 18.8. The highest BCUT2D eigenvalue weighted by molar-refractivity contribution is 6.10. The Morgan fingerprint density at radius 2 is 1.53 bits per heavy atom. The number of hydrogen-bond acceptors (Lipinski definition) is 4. The van der Waals surface area contributed by atoms with Gasteiger partial charge in [0, 0.05) is 33.9 Å². The molecule has 9 heteroatoms. The number of carbonyl (C=O) groups excluding carboxylic acids is 2. The molecule has 6 aliphatic rings. The van der Waals surface area contributed by atoms with Crippen LogP contribution in [0.4, 0.5) is 18.0 Å². The zero-order valence-electron chi connectivity index (χ0n) is 33.9. The number of fused-ring (bicyclic) bond motifs is 2. The number of nitrogens with one attached hydrogen (secondary N) is 1. The maximum absolute atomic E-state index is 15.0. The van der Waals surface area contributed by atoms with Gasteiger partial charge in [-0.05, 0) is 103 Å². The average molecular weight is 803 g/mol. The summed E-state index contributed by atoms with van der Waals surface area (Å²) in [7, 11) is 0.